The summed E-state index contributed by atoms with van der Waals surface area (Å²) in [6, 6.07) is 0. The third kappa shape index (κ3) is 1.70. The first kappa shape index (κ1) is 10.1. The van der Waals surface area contributed by atoms with Gasteiger partial charge in [-0.05, 0) is 43.9 Å². The van der Waals surface area contributed by atoms with Gasteiger partial charge < -0.3 is 14.7 Å². The number of carbonyl (C=O) groups excluding carboxylic acids is 1. The number of nitrogens with zero attached hydrogens (tertiary/aromatic N) is 1. The number of rotatable bonds is 3. The Bertz CT molecular complexity index is 307. The molecule has 0 saturated heterocycles. The van der Waals surface area contributed by atoms with Crippen LogP contribution in [-0.2, 0) is 9.63 Å². The Kier molecular flexibility index (Phi) is 2.37. The lowest BCUT2D eigenvalue weighted by molar-refractivity contribution is -0.309. The monoisotopic (exact) mass is 222 g/mol. The minimum atomic E-state index is -1.20. The molecule has 88 valence electrons. The Morgan fingerprint density at radius 2 is 1.75 bits per heavy atom. The van der Waals surface area contributed by atoms with Crippen molar-refractivity contribution < 1.29 is 14.7 Å². The SMILES string of the molecule is O=C([O-])CON=C1C2CC3CC(C2)CC1C3. The first-order chi connectivity index (χ1) is 7.72. The van der Waals surface area contributed by atoms with Gasteiger partial charge in [0.25, 0.3) is 0 Å². The number of aliphatic carboxylic acids is 1. The van der Waals surface area contributed by atoms with E-state index in [0.29, 0.717) is 11.8 Å². The third-order valence-electron chi connectivity index (χ3n) is 4.33. The van der Waals surface area contributed by atoms with E-state index < -0.39 is 12.6 Å². The van der Waals surface area contributed by atoms with Crippen LogP contribution in [0.1, 0.15) is 32.1 Å². The zero-order valence-corrected chi connectivity index (χ0v) is 9.22. The Hall–Kier alpha value is -1.06. The van der Waals surface area contributed by atoms with E-state index in [4.69, 9.17) is 4.84 Å². The second kappa shape index (κ2) is 3.75. The van der Waals surface area contributed by atoms with Crippen LogP contribution in [0.2, 0.25) is 0 Å². The molecule has 4 nitrogen and oxygen atoms in total. The van der Waals surface area contributed by atoms with Gasteiger partial charge in [0.15, 0.2) is 6.61 Å². The van der Waals surface area contributed by atoms with Gasteiger partial charge in [-0.3, -0.25) is 0 Å². The molecule has 4 aliphatic carbocycles. The van der Waals surface area contributed by atoms with Gasteiger partial charge in [-0.1, -0.05) is 5.16 Å². The zero-order valence-electron chi connectivity index (χ0n) is 9.22. The standard InChI is InChI=1S/C12H17NO3/c14-11(15)6-16-13-12-9-2-7-1-8(4-9)5-10(12)3-7/h7-10H,1-6H2,(H,14,15)/p-1. The van der Waals surface area contributed by atoms with Gasteiger partial charge in [0.1, 0.15) is 0 Å². The van der Waals surface area contributed by atoms with Crippen molar-refractivity contribution in [1.29, 1.82) is 0 Å². The topological polar surface area (TPSA) is 61.7 Å². The van der Waals surface area contributed by atoms with Crippen molar-refractivity contribution in [2.45, 2.75) is 32.1 Å². The number of hydrogen-bond donors (Lipinski definition) is 0. The Morgan fingerprint density at radius 1 is 1.19 bits per heavy atom. The van der Waals surface area contributed by atoms with Crippen molar-refractivity contribution in [2.75, 3.05) is 6.61 Å². The van der Waals surface area contributed by atoms with Gasteiger partial charge in [0.2, 0.25) is 0 Å². The molecule has 0 aliphatic heterocycles. The van der Waals surface area contributed by atoms with Crippen molar-refractivity contribution in [3.63, 3.8) is 0 Å². The zero-order chi connectivity index (χ0) is 11.1. The van der Waals surface area contributed by atoms with Crippen LogP contribution in [0.5, 0.6) is 0 Å². The van der Waals surface area contributed by atoms with Gasteiger partial charge in [-0.2, -0.15) is 0 Å². The average molecular weight is 222 g/mol. The highest BCUT2D eigenvalue weighted by Crippen LogP contribution is 2.52. The van der Waals surface area contributed by atoms with Gasteiger partial charge in [0, 0.05) is 11.8 Å². The first-order valence-corrected chi connectivity index (χ1v) is 6.12. The molecule has 4 bridgehead atoms. The lowest BCUT2D eigenvalue weighted by Gasteiger charge is -2.49. The minimum Gasteiger partial charge on any atom is -0.546 e. The number of oxime groups is 1. The van der Waals surface area contributed by atoms with Crippen molar-refractivity contribution in [3.8, 4) is 0 Å². The molecule has 0 N–H and O–H groups in total. The molecule has 0 unspecified atom stereocenters. The van der Waals surface area contributed by atoms with Crippen molar-refractivity contribution in [2.24, 2.45) is 28.8 Å². The summed E-state index contributed by atoms with van der Waals surface area (Å²) in [5.41, 5.74) is 1.13. The molecule has 0 aromatic carbocycles. The maximum Gasteiger partial charge on any atom is 0.156 e. The van der Waals surface area contributed by atoms with E-state index in [1.54, 1.807) is 0 Å². The number of carboxylic acid groups (broad SMARTS) is 1. The molecular formula is C12H16NO3-. The molecule has 0 aromatic rings. The summed E-state index contributed by atoms with van der Waals surface area (Å²) in [5, 5.41) is 14.3. The van der Waals surface area contributed by atoms with Crippen LogP contribution in [0.25, 0.3) is 0 Å². The smallest absolute Gasteiger partial charge is 0.156 e. The molecule has 0 radical (unpaired) electrons. The molecule has 16 heavy (non-hydrogen) atoms. The van der Waals surface area contributed by atoms with Crippen molar-refractivity contribution >= 4 is 11.7 Å². The second-order valence-corrected chi connectivity index (χ2v) is 5.47. The summed E-state index contributed by atoms with van der Waals surface area (Å²) in [4.78, 5) is 15.1. The largest absolute Gasteiger partial charge is 0.546 e. The van der Waals surface area contributed by atoms with Gasteiger partial charge in [0.05, 0.1) is 11.7 Å². The molecule has 4 saturated carbocycles. The van der Waals surface area contributed by atoms with Crippen LogP contribution in [0.15, 0.2) is 5.16 Å². The summed E-state index contributed by atoms with van der Waals surface area (Å²) < 4.78 is 0. The third-order valence-corrected chi connectivity index (χ3v) is 4.33. The number of carboxylic acids is 1. The Morgan fingerprint density at radius 3 is 2.25 bits per heavy atom. The predicted molar refractivity (Wildman–Crippen MR) is 55.4 cm³/mol. The highest BCUT2D eigenvalue weighted by Gasteiger charge is 2.46. The molecule has 4 rings (SSSR count). The van der Waals surface area contributed by atoms with E-state index in [0.717, 1.165) is 17.5 Å². The van der Waals surface area contributed by atoms with E-state index in [9.17, 15) is 9.90 Å². The van der Waals surface area contributed by atoms with Gasteiger partial charge in [-0.25, -0.2) is 0 Å². The lowest BCUT2D eigenvalue weighted by atomic mass is 9.55. The molecule has 0 spiro atoms. The molecule has 4 aliphatic rings. The summed E-state index contributed by atoms with van der Waals surface area (Å²) in [6.07, 6.45) is 6.35. The van der Waals surface area contributed by atoms with Crippen LogP contribution in [-0.4, -0.2) is 18.3 Å². The highest BCUT2D eigenvalue weighted by atomic mass is 16.6. The van der Waals surface area contributed by atoms with E-state index in [2.05, 4.69) is 5.16 Å². The maximum absolute atomic E-state index is 10.2. The summed E-state index contributed by atoms with van der Waals surface area (Å²) in [6.45, 7) is -0.421. The van der Waals surface area contributed by atoms with Gasteiger partial charge in [-0.15, -0.1) is 0 Å². The quantitative estimate of drug-likeness (QED) is 0.656. The Labute approximate surface area is 94.7 Å². The average Bonchev–Trinajstić information content (AvgIpc) is 2.20. The lowest BCUT2D eigenvalue weighted by Crippen LogP contribution is -2.45. The van der Waals surface area contributed by atoms with E-state index in [1.165, 1.54) is 32.1 Å². The number of hydrogen-bond acceptors (Lipinski definition) is 4. The fourth-order valence-electron chi connectivity index (χ4n) is 3.98. The van der Waals surface area contributed by atoms with Crippen LogP contribution in [0.4, 0.5) is 0 Å². The van der Waals surface area contributed by atoms with Gasteiger partial charge >= 0.3 is 0 Å². The molecule has 0 heterocycles. The summed E-state index contributed by atoms with van der Waals surface area (Å²) in [7, 11) is 0. The van der Waals surface area contributed by atoms with Crippen LogP contribution < -0.4 is 5.11 Å². The fourth-order valence-corrected chi connectivity index (χ4v) is 3.98. The summed E-state index contributed by atoms with van der Waals surface area (Å²) in [5.74, 6) is 1.72. The van der Waals surface area contributed by atoms with E-state index in [-0.39, 0.29) is 0 Å². The highest BCUT2D eigenvalue weighted by molar-refractivity contribution is 5.90. The van der Waals surface area contributed by atoms with E-state index >= 15 is 0 Å². The molecule has 4 heteroatoms. The second-order valence-electron chi connectivity index (χ2n) is 5.47. The summed E-state index contributed by atoms with van der Waals surface area (Å²) >= 11 is 0. The first-order valence-electron chi connectivity index (χ1n) is 6.12. The maximum atomic E-state index is 10.2. The molecule has 4 fully saturated rings. The van der Waals surface area contributed by atoms with E-state index in [1.807, 2.05) is 0 Å². The molecule has 0 amide bonds. The van der Waals surface area contributed by atoms with Crippen LogP contribution in [0, 0.1) is 23.7 Å². The fraction of sp³-hybridized carbons (Fsp3) is 0.833. The number of carbonyl (C=O) groups is 1. The van der Waals surface area contributed by atoms with Crippen LogP contribution in [0.3, 0.4) is 0 Å². The van der Waals surface area contributed by atoms with Crippen molar-refractivity contribution in [3.05, 3.63) is 0 Å². The normalized spacial score (nSPS) is 39.9. The Balaban J connectivity index is 1.69. The molecular weight excluding hydrogens is 206 g/mol. The predicted octanol–water partition coefficient (Wildman–Crippen LogP) is 0.565. The van der Waals surface area contributed by atoms with Crippen molar-refractivity contribution in [1.82, 2.24) is 0 Å². The molecule has 0 aromatic heterocycles. The molecule has 0 atom stereocenters. The minimum absolute atomic E-state index is 0.421. The van der Waals surface area contributed by atoms with Crippen LogP contribution >= 0.6 is 0 Å².